The molecule has 1 amide bonds. The van der Waals surface area contributed by atoms with E-state index >= 15 is 0 Å². The zero-order chi connectivity index (χ0) is 18.1. The van der Waals surface area contributed by atoms with E-state index in [1.54, 1.807) is 0 Å². The monoisotopic (exact) mass is 344 g/mol. The Balaban J connectivity index is 1.53. The van der Waals surface area contributed by atoms with Crippen molar-refractivity contribution in [1.29, 1.82) is 0 Å². The van der Waals surface area contributed by atoms with Crippen LogP contribution in [0.15, 0.2) is 60.7 Å². The summed E-state index contributed by atoms with van der Waals surface area (Å²) in [5.74, 6) is 0.141. The molecule has 3 aromatic carbocycles. The van der Waals surface area contributed by atoms with Crippen LogP contribution in [0.4, 0.5) is 5.69 Å². The normalized spacial score (nSPS) is 14.7. The highest BCUT2D eigenvalue weighted by molar-refractivity contribution is 6.07. The van der Waals surface area contributed by atoms with Gasteiger partial charge < -0.3 is 9.80 Å². The van der Waals surface area contributed by atoms with Gasteiger partial charge in [0.15, 0.2) is 0 Å². The number of hydrogen-bond donors (Lipinski definition) is 0. The number of piperazine rings is 1. The third kappa shape index (κ3) is 2.94. The average molecular weight is 344 g/mol. The van der Waals surface area contributed by atoms with Gasteiger partial charge in [-0.1, -0.05) is 48.5 Å². The number of carbonyl (C=O) groups is 1. The summed E-state index contributed by atoms with van der Waals surface area (Å²) in [6.07, 6.45) is 0. The van der Waals surface area contributed by atoms with Crippen molar-refractivity contribution in [3.8, 4) is 0 Å². The van der Waals surface area contributed by atoms with E-state index in [0.29, 0.717) is 0 Å². The highest BCUT2D eigenvalue weighted by Gasteiger charge is 2.24. The average Bonchev–Trinajstić information content (AvgIpc) is 2.69. The van der Waals surface area contributed by atoms with Crippen LogP contribution in [0.2, 0.25) is 0 Å². The molecule has 1 fully saturated rings. The minimum absolute atomic E-state index is 0.141. The van der Waals surface area contributed by atoms with Gasteiger partial charge in [-0.3, -0.25) is 4.79 Å². The van der Waals surface area contributed by atoms with Gasteiger partial charge in [0.1, 0.15) is 0 Å². The Morgan fingerprint density at radius 3 is 2.31 bits per heavy atom. The minimum atomic E-state index is 0.141. The number of anilines is 1. The molecule has 0 spiro atoms. The van der Waals surface area contributed by atoms with Gasteiger partial charge >= 0.3 is 0 Å². The predicted molar refractivity (Wildman–Crippen MR) is 108 cm³/mol. The number of amides is 1. The van der Waals surface area contributed by atoms with Crippen LogP contribution in [-0.2, 0) is 0 Å². The third-order valence-corrected chi connectivity index (χ3v) is 5.50. The second-order valence-electron chi connectivity index (χ2n) is 7.02. The molecule has 0 N–H and O–H groups in total. The first kappa shape index (κ1) is 16.6. The molecule has 0 atom stereocenters. The molecule has 0 saturated carbocycles. The summed E-state index contributed by atoms with van der Waals surface area (Å²) in [6, 6.07) is 20.5. The maximum atomic E-state index is 13.1. The molecule has 1 aliphatic rings. The standard InChI is InChI=1S/C23H24N2O/c1-17-7-5-12-22(18(17)2)24-13-15-25(16-14-24)23(26)21-11-6-9-19-8-3-4-10-20(19)21/h3-12H,13-16H2,1-2H3. The van der Waals surface area contributed by atoms with Crippen molar-refractivity contribution in [3.63, 3.8) is 0 Å². The van der Waals surface area contributed by atoms with Crippen LogP contribution in [0.25, 0.3) is 10.8 Å². The van der Waals surface area contributed by atoms with Crippen molar-refractivity contribution in [3.05, 3.63) is 77.4 Å². The third-order valence-electron chi connectivity index (χ3n) is 5.50. The summed E-state index contributed by atoms with van der Waals surface area (Å²) in [4.78, 5) is 17.5. The van der Waals surface area contributed by atoms with Gasteiger partial charge in [0.25, 0.3) is 5.91 Å². The van der Waals surface area contributed by atoms with E-state index < -0.39 is 0 Å². The van der Waals surface area contributed by atoms with Crippen LogP contribution in [0.5, 0.6) is 0 Å². The number of hydrogen-bond acceptors (Lipinski definition) is 2. The molecule has 1 heterocycles. The summed E-state index contributed by atoms with van der Waals surface area (Å²) in [6.45, 7) is 7.60. The number of nitrogens with zero attached hydrogens (tertiary/aromatic N) is 2. The van der Waals surface area contributed by atoms with E-state index in [0.717, 1.165) is 42.5 Å². The first-order chi connectivity index (χ1) is 12.6. The number of aryl methyl sites for hydroxylation is 1. The summed E-state index contributed by atoms with van der Waals surface area (Å²) < 4.78 is 0. The Hall–Kier alpha value is -2.81. The Bertz CT molecular complexity index is 950. The SMILES string of the molecule is Cc1cccc(N2CCN(C(=O)c3cccc4ccccc34)CC2)c1C. The van der Waals surface area contributed by atoms with Crippen molar-refractivity contribution in [2.75, 3.05) is 31.1 Å². The van der Waals surface area contributed by atoms with E-state index in [1.807, 2.05) is 35.2 Å². The van der Waals surface area contributed by atoms with Gasteiger partial charge in [-0.2, -0.15) is 0 Å². The fourth-order valence-electron chi connectivity index (χ4n) is 3.81. The van der Waals surface area contributed by atoms with E-state index in [-0.39, 0.29) is 5.91 Å². The minimum Gasteiger partial charge on any atom is -0.368 e. The lowest BCUT2D eigenvalue weighted by Crippen LogP contribution is -2.49. The predicted octanol–water partition coefficient (Wildman–Crippen LogP) is 4.42. The highest BCUT2D eigenvalue weighted by Crippen LogP contribution is 2.25. The van der Waals surface area contributed by atoms with Crippen LogP contribution in [-0.4, -0.2) is 37.0 Å². The molecule has 0 aromatic heterocycles. The van der Waals surface area contributed by atoms with Crippen molar-refractivity contribution < 1.29 is 4.79 Å². The maximum Gasteiger partial charge on any atom is 0.254 e. The zero-order valence-electron chi connectivity index (χ0n) is 15.4. The molecule has 0 aliphatic carbocycles. The van der Waals surface area contributed by atoms with Crippen molar-refractivity contribution in [1.82, 2.24) is 4.90 Å². The van der Waals surface area contributed by atoms with E-state index in [4.69, 9.17) is 0 Å². The van der Waals surface area contributed by atoms with Gasteiger partial charge in [-0.25, -0.2) is 0 Å². The highest BCUT2D eigenvalue weighted by atomic mass is 16.2. The van der Waals surface area contributed by atoms with Crippen LogP contribution in [0.1, 0.15) is 21.5 Å². The molecule has 0 radical (unpaired) electrons. The Morgan fingerprint density at radius 1 is 0.808 bits per heavy atom. The van der Waals surface area contributed by atoms with Gasteiger partial charge in [0.05, 0.1) is 0 Å². The molecule has 3 aromatic rings. The quantitative estimate of drug-likeness (QED) is 0.687. The van der Waals surface area contributed by atoms with Gasteiger partial charge in [-0.15, -0.1) is 0 Å². The van der Waals surface area contributed by atoms with Gasteiger partial charge in [0, 0.05) is 37.4 Å². The molecule has 3 nitrogen and oxygen atoms in total. The lowest BCUT2D eigenvalue weighted by Gasteiger charge is -2.37. The smallest absolute Gasteiger partial charge is 0.254 e. The van der Waals surface area contributed by atoms with Crippen LogP contribution >= 0.6 is 0 Å². The summed E-state index contributed by atoms with van der Waals surface area (Å²) in [7, 11) is 0. The molecular formula is C23H24N2O. The zero-order valence-corrected chi connectivity index (χ0v) is 15.4. The topological polar surface area (TPSA) is 23.6 Å². The number of carbonyl (C=O) groups excluding carboxylic acids is 1. The molecule has 26 heavy (non-hydrogen) atoms. The molecule has 0 bridgehead atoms. The van der Waals surface area contributed by atoms with Crippen molar-refractivity contribution in [2.24, 2.45) is 0 Å². The molecule has 132 valence electrons. The lowest BCUT2D eigenvalue weighted by molar-refractivity contribution is 0.0749. The molecule has 3 heteroatoms. The van der Waals surface area contributed by atoms with E-state index in [1.165, 1.54) is 16.8 Å². The van der Waals surface area contributed by atoms with Crippen LogP contribution < -0.4 is 4.90 Å². The van der Waals surface area contributed by atoms with Crippen LogP contribution in [0.3, 0.4) is 0 Å². The molecule has 0 unspecified atom stereocenters. The van der Waals surface area contributed by atoms with E-state index in [2.05, 4.69) is 49.1 Å². The second kappa shape index (κ2) is 6.83. The summed E-state index contributed by atoms with van der Waals surface area (Å²) in [5.41, 5.74) is 4.75. The number of rotatable bonds is 2. The fourth-order valence-corrected chi connectivity index (χ4v) is 3.81. The number of benzene rings is 3. The second-order valence-corrected chi connectivity index (χ2v) is 7.02. The van der Waals surface area contributed by atoms with Crippen molar-refractivity contribution in [2.45, 2.75) is 13.8 Å². The maximum absolute atomic E-state index is 13.1. The first-order valence-corrected chi connectivity index (χ1v) is 9.23. The lowest BCUT2D eigenvalue weighted by atomic mass is 10.0. The molecule has 4 rings (SSSR count). The van der Waals surface area contributed by atoms with Crippen molar-refractivity contribution >= 4 is 22.4 Å². The first-order valence-electron chi connectivity index (χ1n) is 9.23. The fraction of sp³-hybridized carbons (Fsp3) is 0.261. The molecule has 1 aliphatic heterocycles. The van der Waals surface area contributed by atoms with Gasteiger partial charge in [0.2, 0.25) is 0 Å². The Labute approximate surface area is 154 Å². The van der Waals surface area contributed by atoms with Gasteiger partial charge in [-0.05, 0) is 47.9 Å². The Kier molecular flexibility index (Phi) is 4.37. The molecular weight excluding hydrogens is 320 g/mol. The Morgan fingerprint density at radius 2 is 1.50 bits per heavy atom. The summed E-state index contributed by atoms with van der Waals surface area (Å²) >= 11 is 0. The number of fused-ring (bicyclic) bond motifs is 1. The van der Waals surface area contributed by atoms with E-state index in [9.17, 15) is 4.79 Å². The molecule has 1 saturated heterocycles. The summed E-state index contributed by atoms with van der Waals surface area (Å²) in [5, 5.41) is 2.16. The largest absolute Gasteiger partial charge is 0.368 e. The van der Waals surface area contributed by atoms with Crippen LogP contribution in [0, 0.1) is 13.8 Å².